The van der Waals surface area contributed by atoms with Crippen molar-refractivity contribution >= 4 is 41.7 Å². The van der Waals surface area contributed by atoms with E-state index < -0.39 is 10.8 Å². The Morgan fingerprint density at radius 3 is 2.61 bits per heavy atom. The fourth-order valence-electron chi connectivity index (χ4n) is 1.60. The first kappa shape index (κ1) is 21.2. The van der Waals surface area contributed by atoms with Crippen molar-refractivity contribution in [3.05, 3.63) is 33.9 Å². The summed E-state index contributed by atoms with van der Waals surface area (Å²) in [6.07, 6.45) is 0. The Hall–Kier alpha value is -1.84. The average Bonchev–Trinajstić information content (AvgIpc) is 2.49. The summed E-state index contributed by atoms with van der Waals surface area (Å²) in [5, 5.41) is 16.8. The fourth-order valence-corrected chi connectivity index (χ4v) is 2.43. The summed E-state index contributed by atoms with van der Waals surface area (Å²) in [6, 6.07) is 3.95. The molecule has 0 unspecified atom stereocenters. The molecular formula is C13H19ClN4O4S. The molecule has 4 N–H and O–H groups in total. The molecule has 0 saturated heterocycles. The topological polar surface area (TPSA) is 127 Å². The number of likely N-dealkylation sites (N-methyl/N-ethyl adjacent to an activating group) is 1. The number of nitrogens with zero attached hydrogens (tertiary/aromatic N) is 1. The number of halogens is 1. The minimum absolute atomic E-state index is 0. The van der Waals surface area contributed by atoms with Crippen molar-refractivity contribution in [3.8, 4) is 0 Å². The molecule has 10 heteroatoms. The molecular weight excluding hydrogens is 344 g/mol. The van der Waals surface area contributed by atoms with Crippen LogP contribution in [0.15, 0.2) is 23.1 Å². The highest BCUT2D eigenvalue weighted by atomic mass is 35.5. The molecule has 0 radical (unpaired) electrons. The number of primary amides is 1. The number of hydrogen-bond acceptors (Lipinski definition) is 6. The SMILES string of the molecule is CCNCCNC(=O)CSc1ccc(C(N)=O)cc1[N+](=O)[O-].Cl. The van der Waals surface area contributed by atoms with Crippen molar-refractivity contribution in [2.24, 2.45) is 5.73 Å². The van der Waals surface area contributed by atoms with Crippen LogP contribution >= 0.6 is 24.2 Å². The number of rotatable bonds is 9. The quantitative estimate of drug-likeness (QED) is 0.259. The van der Waals surface area contributed by atoms with Crippen LogP contribution in [0.5, 0.6) is 0 Å². The van der Waals surface area contributed by atoms with E-state index in [1.54, 1.807) is 0 Å². The van der Waals surface area contributed by atoms with E-state index in [-0.39, 0.29) is 35.3 Å². The van der Waals surface area contributed by atoms with Crippen LogP contribution < -0.4 is 16.4 Å². The monoisotopic (exact) mass is 362 g/mol. The third-order valence-corrected chi connectivity index (χ3v) is 3.74. The van der Waals surface area contributed by atoms with Gasteiger partial charge < -0.3 is 16.4 Å². The number of nitro benzene ring substituents is 1. The largest absolute Gasteiger partial charge is 0.366 e. The number of nitrogens with one attached hydrogen (secondary N) is 2. The number of carbonyl (C=O) groups is 2. The molecule has 0 aliphatic heterocycles. The molecule has 0 aliphatic rings. The number of benzene rings is 1. The van der Waals surface area contributed by atoms with Crippen molar-refractivity contribution in [3.63, 3.8) is 0 Å². The summed E-state index contributed by atoms with van der Waals surface area (Å²) in [7, 11) is 0. The van der Waals surface area contributed by atoms with E-state index in [4.69, 9.17) is 5.73 Å². The van der Waals surface area contributed by atoms with E-state index in [1.807, 2.05) is 6.92 Å². The zero-order valence-electron chi connectivity index (χ0n) is 12.5. The van der Waals surface area contributed by atoms with Gasteiger partial charge in [0, 0.05) is 24.7 Å². The summed E-state index contributed by atoms with van der Waals surface area (Å²) in [5.74, 6) is -0.889. The van der Waals surface area contributed by atoms with Gasteiger partial charge in [-0.05, 0) is 18.7 Å². The van der Waals surface area contributed by atoms with Crippen molar-refractivity contribution in [1.29, 1.82) is 0 Å². The fraction of sp³-hybridized carbons (Fsp3) is 0.385. The Labute approximate surface area is 144 Å². The smallest absolute Gasteiger partial charge is 0.283 e. The first-order chi connectivity index (χ1) is 10.5. The van der Waals surface area contributed by atoms with Crippen LogP contribution in [0.2, 0.25) is 0 Å². The summed E-state index contributed by atoms with van der Waals surface area (Å²) in [6.45, 7) is 3.95. The van der Waals surface area contributed by atoms with Crippen molar-refractivity contribution in [2.75, 3.05) is 25.4 Å². The maximum Gasteiger partial charge on any atom is 0.283 e. The lowest BCUT2D eigenvalue weighted by molar-refractivity contribution is -0.387. The molecule has 0 aromatic heterocycles. The van der Waals surface area contributed by atoms with Gasteiger partial charge in [-0.3, -0.25) is 19.7 Å². The van der Waals surface area contributed by atoms with Crippen molar-refractivity contribution < 1.29 is 14.5 Å². The van der Waals surface area contributed by atoms with Crippen LogP contribution in [0.4, 0.5) is 5.69 Å². The van der Waals surface area contributed by atoms with Crippen LogP contribution in [0, 0.1) is 10.1 Å². The number of nitro groups is 1. The molecule has 8 nitrogen and oxygen atoms in total. The van der Waals surface area contributed by atoms with Crippen LogP contribution in [0.3, 0.4) is 0 Å². The Balaban J connectivity index is 0.00000484. The lowest BCUT2D eigenvalue weighted by Crippen LogP contribution is -2.32. The number of nitrogens with two attached hydrogens (primary N) is 1. The second kappa shape index (κ2) is 10.8. The molecule has 0 spiro atoms. The predicted molar refractivity (Wildman–Crippen MR) is 91.1 cm³/mol. The number of hydrogen-bond donors (Lipinski definition) is 3. The third-order valence-electron chi connectivity index (χ3n) is 2.67. The first-order valence-corrected chi connectivity index (χ1v) is 7.62. The standard InChI is InChI=1S/C13H18N4O4S.ClH/c1-2-15-5-6-16-12(18)8-22-11-4-3-9(13(14)19)7-10(11)17(20)21;/h3-4,7,15H,2,5-6,8H2,1H3,(H2,14,19)(H,16,18);1H. The second-order valence-electron chi connectivity index (χ2n) is 4.30. The average molecular weight is 363 g/mol. The van der Waals surface area contributed by atoms with Gasteiger partial charge in [0.25, 0.3) is 5.69 Å². The Kier molecular flexibility index (Phi) is 9.95. The molecule has 128 valence electrons. The summed E-state index contributed by atoms with van der Waals surface area (Å²) in [5.41, 5.74) is 4.92. The summed E-state index contributed by atoms with van der Waals surface area (Å²) in [4.78, 5) is 33.4. The predicted octanol–water partition coefficient (Wildman–Crippen LogP) is 0.933. The molecule has 2 amide bonds. The normalized spacial score (nSPS) is 9.78. The third kappa shape index (κ3) is 7.31. The maximum absolute atomic E-state index is 11.6. The first-order valence-electron chi connectivity index (χ1n) is 6.64. The molecule has 0 atom stereocenters. The van der Waals surface area contributed by atoms with Gasteiger partial charge in [0.2, 0.25) is 11.8 Å². The van der Waals surface area contributed by atoms with Crippen molar-refractivity contribution in [2.45, 2.75) is 11.8 Å². The number of carbonyl (C=O) groups excluding carboxylic acids is 2. The van der Waals surface area contributed by atoms with E-state index in [2.05, 4.69) is 10.6 Å². The van der Waals surface area contributed by atoms with Crippen LogP contribution in [-0.4, -0.2) is 42.1 Å². The summed E-state index contributed by atoms with van der Waals surface area (Å²) < 4.78 is 0. The van der Waals surface area contributed by atoms with Crippen LogP contribution in [-0.2, 0) is 4.79 Å². The van der Waals surface area contributed by atoms with Gasteiger partial charge in [-0.25, -0.2) is 0 Å². The Bertz CT molecular complexity index is 571. The molecule has 23 heavy (non-hydrogen) atoms. The van der Waals surface area contributed by atoms with E-state index in [0.29, 0.717) is 18.0 Å². The van der Waals surface area contributed by atoms with E-state index in [1.165, 1.54) is 12.1 Å². The summed E-state index contributed by atoms with van der Waals surface area (Å²) >= 11 is 1.04. The van der Waals surface area contributed by atoms with E-state index in [9.17, 15) is 19.7 Å². The zero-order valence-corrected chi connectivity index (χ0v) is 14.2. The molecule has 1 aromatic carbocycles. The molecule has 0 bridgehead atoms. The van der Waals surface area contributed by atoms with Gasteiger partial charge >= 0.3 is 0 Å². The van der Waals surface area contributed by atoms with Crippen molar-refractivity contribution in [1.82, 2.24) is 10.6 Å². The highest BCUT2D eigenvalue weighted by Crippen LogP contribution is 2.29. The molecule has 0 heterocycles. The van der Waals surface area contributed by atoms with E-state index in [0.717, 1.165) is 24.4 Å². The maximum atomic E-state index is 11.6. The van der Waals surface area contributed by atoms with Gasteiger partial charge in [0.05, 0.1) is 15.6 Å². The minimum Gasteiger partial charge on any atom is -0.366 e. The van der Waals surface area contributed by atoms with E-state index >= 15 is 0 Å². The Morgan fingerprint density at radius 1 is 1.35 bits per heavy atom. The molecule has 0 fully saturated rings. The highest BCUT2D eigenvalue weighted by molar-refractivity contribution is 8.00. The number of amides is 2. The number of thioether (sulfide) groups is 1. The van der Waals surface area contributed by atoms with Gasteiger partial charge in [-0.2, -0.15) is 0 Å². The molecule has 1 aromatic rings. The lowest BCUT2D eigenvalue weighted by atomic mass is 10.2. The minimum atomic E-state index is -0.735. The lowest BCUT2D eigenvalue weighted by Gasteiger charge is -2.06. The molecule has 0 aliphatic carbocycles. The molecule has 1 rings (SSSR count). The van der Waals surface area contributed by atoms with Gasteiger partial charge in [-0.1, -0.05) is 6.92 Å². The Morgan fingerprint density at radius 2 is 2.04 bits per heavy atom. The van der Waals surface area contributed by atoms with Gasteiger partial charge in [0.15, 0.2) is 0 Å². The highest BCUT2D eigenvalue weighted by Gasteiger charge is 2.17. The molecule has 0 saturated carbocycles. The van der Waals surface area contributed by atoms with Crippen LogP contribution in [0.25, 0.3) is 0 Å². The zero-order chi connectivity index (χ0) is 16.5. The van der Waals surface area contributed by atoms with Crippen LogP contribution in [0.1, 0.15) is 17.3 Å². The van der Waals surface area contributed by atoms with Gasteiger partial charge in [0.1, 0.15) is 0 Å². The van der Waals surface area contributed by atoms with Gasteiger partial charge in [-0.15, -0.1) is 24.2 Å². The second-order valence-corrected chi connectivity index (χ2v) is 5.31.